The van der Waals surface area contributed by atoms with Crippen LogP contribution < -0.4 is 9.47 Å². The van der Waals surface area contributed by atoms with E-state index >= 15 is 0 Å². The van der Waals surface area contributed by atoms with Crippen LogP contribution in [0.3, 0.4) is 0 Å². The third-order valence-corrected chi connectivity index (χ3v) is 4.20. The van der Waals surface area contributed by atoms with Gasteiger partial charge in [-0.1, -0.05) is 23.7 Å². The van der Waals surface area contributed by atoms with Gasteiger partial charge in [-0.3, -0.25) is 0 Å². The molecule has 0 spiro atoms. The first kappa shape index (κ1) is 14.0. The maximum absolute atomic E-state index is 9.37. The highest BCUT2D eigenvalue weighted by Gasteiger charge is 2.16. The zero-order chi connectivity index (χ0) is 15.8. The van der Waals surface area contributed by atoms with E-state index in [0.717, 1.165) is 22.4 Å². The maximum Gasteiger partial charge on any atom is 0.231 e. The van der Waals surface area contributed by atoms with Gasteiger partial charge in [0.2, 0.25) is 6.79 Å². The van der Waals surface area contributed by atoms with E-state index in [0.29, 0.717) is 17.3 Å². The summed E-state index contributed by atoms with van der Waals surface area (Å²) in [7, 11) is 0. The van der Waals surface area contributed by atoms with Crippen molar-refractivity contribution in [1.82, 2.24) is 4.57 Å². The fourth-order valence-corrected chi connectivity index (χ4v) is 2.85. The molecule has 5 heteroatoms. The number of fused-ring (bicyclic) bond motifs is 1. The number of phenols is 1. The van der Waals surface area contributed by atoms with Crippen LogP contribution in [0.25, 0.3) is 11.1 Å². The third kappa shape index (κ3) is 2.73. The maximum atomic E-state index is 9.37. The summed E-state index contributed by atoms with van der Waals surface area (Å²) in [4.78, 5) is 0. The van der Waals surface area contributed by atoms with Gasteiger partial charge in [-0.25, -0.2) is 0 Å². The molecule has 0 unspecified atom stereocenters. The Morgan fingerprint density at radius 2 is 1.74 bits per heavy atom. The van der Waals surface area contributed by atoms with E-state index in [1.54, 1.807) is 18.2 Å². The minimum Gasteiger partial charge on any atom is -0.508 e. The number of aromatic nitrogens is 1. The number of rotatable bonds is 3. The lowest BCUT2D eigenvalue weighted by Crippen LogP contribution is -1.97. The Balaban J connectivity index is 1.59. The van der Waals surface area contributed by atoms with Crippen LogP contribution in [-0.2, 0) is 6.54 Å². The number of hydrogen-bond donors (Lipinski definition) is 1. The van der Waals surface area contributed by atoms with E-state index < -0.39 is 0 Å². The fraction of sp³-hybridized carbons (Fsp3) is 0.111. The monoisotopic (exact) mass is 327 g/mol. The highest BCUT2D eigenvalue weighted by atomic mass is 35.5. The second kappa shape index (κ2) is 5.56. The third-order valence-electron chi connectivity index (χ3n) is 3.85. The summed E-state index contributed by atoms with van der Waals surface area (Å²) in [6.45, 7) is 0.886. The standard InChI is InChI=1S/C18H14ClNO3/c19-16-8-18-17(22-11-23-18)7-14(16)10-20-6-5-13(9-20)12-1-3-15(21)4-2-12/h1-9,21H,10-11H2. The molecule has 2 heterocycles. The number of nitrogens with zero attached hydrogens (tertiary/aromatic N) is 1. The van der Waals surface area contributed by atoms with Gasteiger partial charge < -0.3 is 19.1 Å². The molecule has 23 heavy (non-hydrogen) atoms. The Morgan fingerprint density at radius 1 is 1.00 bits per heavy atom. The van der Waals surface area contributed by atoms with E-state index in [4.69, 9.17) is 21.1 Å². The predicted octanol–water partition coefficient (Wildman–Crippen LogP) is 4.29. The Hall–Kier alpha value is -2.59. The van der Waals surface area contributed by atoms with Crippen LogP contribution in [0, 0.1) is 0 Å². The predicted molar refractivity (Wildman–Crippen MR) is 88.2 cm³/mol. The quantitative estimate of drug-likeness (QED) is 0.780. The molecule has 1 N–H and O–H groups in total. The molecule has 0 amide bonds. The molecule has 1 aliphatic rings. The zero-order valence-corrected chi connectivity index (χ0v) is 13.0. The normalized spacial score (nSPS) is 12.6. The molecule has 4 rings (SSSR count). The van der Waals surface area contributed by atoms with Gasteiger partial charge in [0.1, 0.15) is 5.75 Å². The fourth-order valence-electron chi connectivity index (χ4n) is 2.64. The van der Waals surface area contributed by atoms with Gasteiger partial charge in [0, 0.05) is 30.0 Å². The van der Waals surface area contributed by atoms with Crippen molar-refractivity contribution in [2.24, 2.45) is 0 Å². The molecule has 0 aliphatic carbocycles. The van der Waals surface area contributed by atoms with Gasteiger partial charge in [-0.15, -0.1) is 0 Å². The Labute approximate surface area is 138 Å². The van der Waals surface area contributed by atoms with Crippen molar-refractivity contribution in [1.29, 1.82) is 0 Å². The van der Waals surface area contributed by atoms with E-state index in [9.17, 15) is 5.11 Å². The van der Waals surface area contributed by atoms with E-state index in [1.807, 2.05) is 36.7 Å². The zero-order valence-electron chi connectivity index (χ0n) is 12.2. The summed E-state index contributed by atoms with van der Waals surface area (Å²) in [6.07, 6.45) is 4.05. The number of hydrogen-bond acceptors (Lipinski definition) is 3. The molecular weight excluding hydrogens is 314 g/mol. The molecular formula is C18H14ClNO3. The number of halogens is 1. The second-order valence-corrected chi connectivity index (χ2v) is 5.82. The van der Waals surface area contributed by atoms with E-state index in [2.05, 4.69) is 4.57 Å². The molecule has 1 aliphatic heterocycles. The molecule has 0 fully saturated rings. The second-order valence-electron chi connectivity index (χ2n) is 5.42. The first-order valence-corrected chi connectivity index (χ1v) is 7.60. The van der Waals surface area contributed by atoms with Crippen molar-refractivity contribution in [3.8, 4) is 28.4 Å². The average Bonchev–Trinajstić information content (AvgIpc) is 3.18. The Kier molecular flexibility index (Phi) is 3.39. The van der Waals surface area contributed by atoms with Gasteiger partial charge in [0.25, 0.3) is 0 Å². The summed E-state index contributed by atoms with van der Waals surface area (Å²) in [6, 6.07) is 12.9. The molecule has 0 atom stereocenters. The van der Waals surface area contributed by atoms with Crippen LogP contribution in [0.4, 0.5) is 0 Å². The summed E-state index contributed by atoms with van der Waals surface area (Å²) >= 11 is 6.32. The molecule has 0 bridgehead atoms. The minimum atomic E-state index is 0.240. The molecule has 1 aromatic heterocycles. The van der Waals surface area contributed by atoms with Crippen LogP contribution in [0.1, 0.15) is 5.56 Å². The molecule has 0 saturated heterocycles. The van der Waals surface area contributed by atoms with Crippen molar-refractivity contribution >= 4 is 11.6 Å². The Bertz CT molecular complexity index is 855. The number of ether oxygens (including phenoxy) is 2. The van der Waals surface area contributed by atoms with Crippen molar-refractivity contribution in [3.05, 3.63) is 65.4 Å². The summed E-state index contributed by atoms with van der Waals surface area (Å²) < 4.78 is 12.8. The minimum absolute atomic E-state index is 0.240. The summed E-state index contributed by atoms with van der Waals surface area (Å²) in [5.74, 6) is 1.69. The molecule has 3 aromatic rings. The molecule has 116 valence electrons. The lowest BCUT2D eigenvalue weighted by Gasteiger charge is -2.07. The van der Waals surface area contributed by atoms with Crippen molar-refractivity contribution < 1.29 is 14.6 Å². The van der Waals surface area contributed by atoms with Crippen LogP contribution in [0.15, 0.2) is 54.9 Å². The van der Waals surface area contributed by atoms with Crippen LogP contribution in [0.2, 0.25) is 5.02 Å². The van der Waals surface area contributed by atoms with Gasteiger partial charge in [0.15, 0.2) is 11.5 Å². The van der Waals surface area contributed by atoms with Crippen molar-refractivity contribution in [3.63, 3.8) is 0 Å². The van der Waals surface area contributed by atoms with Gasteiger partial charge in [-0.2, -0.15) is 0 Å². The van der Waals surface area contributed by atoms with Gasteiger partial charge >= 0.3 is 0 Å². The first-order valence-electron chi connectivity index (χ1n) is 7.22. The average molecular weight is 328 g/mol. The summed E-state index contributed by atoms with van der Waals surface area (Å²) in [5, 5.41) is 10.0. The number of aromatic hydroxyl groups is 1. The first-order chi connectivity index (χ1) is 11.2. The largest absolute Gasteiger partial charge is 0.508 e. The van der Waals surface area contributed by atoms with Crippen molar-refractivity contribution in [2.45, 2.75) is 6.54 Å². The van der Waals surface area contributed by atoms with E-state index in [1.165, 1.54) is 0 Å². The van der Waals surface area contributed by atoms with Gasteiger partial charge in [0.05, 0.1) is 0 Å². The number of phenolic OH excluding ortho intramolecular Hbond substituents is 1. The SMILES string of the molecule is Oc1ccc(-c2ccn(Cc3cc4c(cc3Cl)OCO4)c2)cc1. The molecule has 2 aromatic carbocycles. The smallest absolute Gasteiger partial charge is 0.231 e. The Morgan fingerprint density at radius 3 is 2.52 bits per heavy atom. The van der Waals surface area contributed by atoms with Crippen molar-refractivity contribution in [2.75, 3.05) is 6.79 Å². The van der Waals surface area contributed by atoms with Crippen LogP contribution in [0.5, 0.6) is 17.2 Å². The molecule has 4 nitrogen and oxygen atoms in total. The topological polar surface area (TPSA) is 43.6 Å². The highest BCUT2D eigenvalue weighted by molar-refractivity contribution is 6.31. The number of benzene rings is 2. The van der Waals surface area contributed by atoms with Crippen LogP contribution >= 0.6 is 11.6 Å². The molecule has 0 radical (unpaired) electrons. The van der Waals surface area contributed by atoms with Gasteiger partial charge in [-0.05, 0) is 41.0 Å². The van der Waals surface area contributed by atoms with E-state index in [-0.39, 0.29) is 12.5 Å². The molecule has 0 saturated carbocycles. The lowest BCUT2D eigenvalue weighted by molar-refractivity contribution is 0.174. The van der Waals surface area contributed by atoms with Crippen LogP contribution in [-0.4, -0.2) is 16.5 Å². The summed E-state index contributed by atoms with van der Waals surface area (Å²) in [5.41, 5.74) is 3.11. The lowest BCUT2D eigenvalue weighted by atomic mass is 10.1. The highest BCUT2D eigenvalue weighted by Crippen LogP contribution is 2.37.